The zero-order valence-corrected chi connectivity index (χ0v) is 7.59. The van der Waals surface area contributed by atoms with E-state index in [1.54, 1.807) is 0 Å². The second-order valence-corrected chi connectivity index (χ2v) is 3.55. The van der Waals surface area contributed by atoms with Gasteiger partial charge in [0.1, 0.15) is 0 Å². The first-order chi connectivity index (χ1) is 5.70. The summed E-state index contributed by atoms with van der Waals surface area (Å²) in [7, 11) is 0. The molecule has 0 spiro atoms. The normalized spacial score (nSPS) is 34.6. The van der Waals surface area contributed by atoms with Crippen LogP contribution in [0.25, 0.3) is 0 Å². The molecule has 1 aliphatic rings. The number of terminal acetylenes is 1. The van der Waals surface area contributed by atoms with Crippen molar-refractivity contribution in [3.8, 4) is 12.3 Å². The van der Waals surface area contributed by atoms with E-state index in [2.05, 4.69) is 18.9 Å². The monoisotopic (exact) mass is 164 g/mol. The molecule has 66 valence electrons. The lowest BCUT2D eigenvalue weighted by Gasteiger charge is -2.28. The maximum atomic E-state index is 9.86. The second-order valence-electron chi connectivity index (χ2n) is 3.55. The van der Waals surface area contributed by atoms with E-state index in [0.717, 1.165) is 19.3 Å². The quantitative estimate of drug-likeness (QED) is 0.489. The molecule has 0 aliphatic heterocycles. The van der Waals surface area contributed by atoms with Crippen LogP contribution in [-0.4, -0.2) is 10.7 Å². The maximum Gasteiger partial charge on any atom is 0.0936 e. The van der Waals surface area contributed by atoms with Gasteiger partial charge in [0.2, 0.25) is 0 Å². The van der Waals surface area contributed by atoms with Gasteiger partial charge >= 0.3 is 0 Å². The Labute approximate surface area is 74.5 Å². The van der Waals surface area contributed by atoms with Crippen LogP contribution in [0.2, 0.25) is 0 Å². The third-order valence-electron chi connectivity index (χ3n) is 2.56. The number of hydrogen-bond donors (Lipinski definition) is 1. The van der Waals surface area contributed by atoms with Crippen molar-refractivity contribution in [1.29, 1.82) is 0 Å². The van der Waals surface area contributed by atoms with Gasteiger partial charge in [-0.05, 0) is 25.2 Å². The topological polar surface area (TPSA) is 20.2 Å². The zero-order valence-electron chi connectivity index (χ0n) is 7.59. The van der Waals surface area contributed by atoms with Crippen LogP contribution in [0.4, 0.5) is 0 Å². The van der Waals surface area contributed by atoms with E-state index in [4.69, 9.17) is 6.42 Å². The van der Waals surface area contributed by atoms with Crippen LogP contribution < -0.4 is 0 Å². The molecular formula is C11H16O. The molecule has 1 aliphatic carbocycles. The summed E-state index contributed by atoms with van der Waals surface area (Å²) in [6.45, 7) is 2.17. The molecule has 0 amide bonds. The average molecular weight is 164 g/mol. The van der Waals surface area contributed by atoms with Gasteiger partial charge in [-0.2, -0.15) is 0 Å². The van der Waals surface area contributed by atoms with Crippen LogP contribution in [0.1, 0.15) is 32.6 Å². The fourth-order valence-electron chi connectivity index (χ4n) is 1.59. The highest BCUT2D eigenvalue weighted by Gasteiger charge is 2.26. The van der Waals surface area contributed by atoms with Gasteiger partial charge in [0, 0.05) is 6.42 Å². The summed E-state index contributed by atoms with van der Waals surface area (Å²) >= 11 is 0. The first-order valence-electron chi connectivity index (χ1n) is 4.55. The lowest BCUT2D eigenvalue weighted by Crippen LogP contribution is -2.29. The summed E-state index contributed by atoms with van der Waals surface area (Å²) < 4.78 is 0. The van der Waals surface area contributed by atoms with Crippen molar-refractivity contribution in [2.24, 2.45) is 5.92 Å². The van der Waals surface area contributed by atoms with Gasteiger partial charge in [0.05, 0.1) is 5.60 Å². The molecule has 0 saturated carbocycles. The molecule has 0 bridgehead atoms. The van der Waals surface area contributed by atoms with Crippen molar-refractivity contribution in [1.82, 2.24) is 0 Å². The Hall–Kier alpha value is -0.740. The molecule has 12 heavy (non-hydrogen) atoms. The Morgan fingerprint density at radius 2 is 2.50 bits per heavy atom. The fraction of sp³-hybridized carbons (Fsp3) is 0.636. The van der Waals surface area contributed by atoms with E-state index < -0.39 is 5.60 Å². The molecule has 2 unspecified atom stereocenters. The summed E-state index contributed by atoms with van der Waals surface area (Å²) in [4.78, 5) is 0. The van der Waals surface area contributed by atoms with Crippen LogP contribution in [0.15, 0.2) is 12.2 Å². The highest BCUT2D eigenvalue weighted by Crippen LogP contribution is 2.29. The fourth-order valence-corrected chi connectivity index (χ4v) is 1.59. The van der Waals surface area contributed by atoms with Gasteiger partial charge in [-0.15, -0.1) is 12.3 Å². The van der Waals surface area contributed by atoms with Crippen molar-refractivity contribution in [2.75, 3.05) is 0 Å². The summed E-state index contributed by atoms with van der Waals surface area (Å²) in [5.74, 6) is 3.15. The Kier molecular flexibility index (Phi) is 2.94. The molecule has 0 fully saturated rings. The molecule has 0 radical (unpaired) electrons. The minimum absolute atomic E-state index is 0.444. The Morgan fingerprint density at radius 3 is 2.92 bits per heavy atom. The van der Waals surface area contributed by atoms with Crippen LogP contribution in [0, 0.1) is 18.3 Å². The van der Waals surface area contributed by atoms with Crippen molar-refractivity contribution in [2.45, 2.75) is 38.2 Å². The SMILES string of the molecule is C#CCC1(O)C=CC(CC)CC1. The Balaban J connectivity index is 2.58. The largest absolute Gasteiger partial charge is 0.385 e. The van der Waals surface area contributed by atoms with Gasteiger partial charge in [0.25, 0.3) is 0 Å². The predicted molar refractivity (Wildman–Crippen MR) is 50.6 cm³/mol. The number of rotatable bonds is 2. The van der Waals surface area contributed by atoms with Crippen LogP contribution in [0.3, 0.4) is 0 Å². The molecule has 2 atom stereocenters. The van der Waals surface area contributed by atoms with Crippen molar-refractivity contribution >= 4 is 0 Å². The summed E-state index contributed by atoms with van der Waals surface area (Å²) in [6.07, 6.45) is 12.6. The molecule has 1 rings (SSSR count). The molecule has 1 N–H and O–H groups in total. The van der Waals surface area contributed by atoms with Gasteiger partial charge in [-0.1, -0.05) is 19.1 Å². The van der Waals surface area contributed by atoms with Crippen molar-refractivity contribution in [3.63, 3.8) is 0 Å². The van der Waals surface area contributed by atoms with Gasteiger partial charge in [-0.3, -0.25) is 0 Å². The van der Waals surface area contributed by atoms with E-state index >= 15 is 0 Å². The van der Waals surface area contributed by atoms with E-state index in [0.29, 0.717) is 12.3 Å². The van der Waals surface area contributed by atoms with Crippen LogP contribution in [-0.2, 0) is 0 Å². The molecule has 0 heterocycles. The Bertz CT molecular complexity index is 212. The van der Waals surface area contributed by atoms with E-state index in [9.17, 15) is 5.11 Å². The van der Waals surface area contributed by atoms with E-state index in [1.807, 2.05) is 6.08 Å². The molecular weight excluding hydrogens is 148 g/mol. The Morgan fingerprint density at radius 1 is 1.75 bits per heavy atom. The third kappa shape index (κ3) is 2.12. The number of hydrogen-bond acceptors (Lipinski definition) is 1. The standard InChI is InChI=1S/C11H16O/c1-3-7-11(12)8-5-10(4-2)6-9-11/h1,5,8,10,12H,4,6-7,9H2,2H3. The summed E-state index contributed by atoms with van der Waals surface area (Å²) in [5, 5.41) is 9.86. The van der Waals surface area contributed by atoms with Crippen molar-refractivity contribution < 1.29 is 5.11 Å². The first-order valence-corrected chi connectivity index (χ1v) is 4.55. The minimum Gasteiger partial charge on any atom is -0.385 e. The average Bonchev–Trinajstić information content (AvgIpc) is 2.06. The van der Waals surface area contributed by atoms with Crippen LogP contribution >= 0.6 is 0 Å². The third-order valence-corrected chi connectivity index (χ3v) is 2.56. The van der Waals surface area contributed by atoms with Gasteiger partial charge < -0.3 is 5.11 Å². The maximum absolute atomic E-state index is 9.86. The number of allylic oxidation sites excluding steroid dienone is 1. The highest BCUT2D eigenvalue weighted by molar-refractivity contribution is 5.12. The lowest BCUT2D eigenvalue weighted by atomic mass is 9.82. The van der Waals surface area contributed by atoms with Gasteiger partial charge in [-0.25, -0.2) is 0 Å². The molecule has 0 aromatic rings. The number of aliphatic hydroxyl groups is 1. The highest BCUT2D eigenvalue weighted by atomic mass is 16.3. The molecule has 0 saturated heterocycles. The van der Waals surface area contributed by atoms with Crippen molar-refractivity contribution in [3.05, 3.63) is 12.2 Å². The predicted octanol–water partition coefficient (Wildman–Crippen LogP) is 2.12. The summed E-state index contributed by atoms with van der Waals surface area (Å²) in [6, 6.07) is 0. The molecule has 0 aromatic heterocycles. The zero-order chi connectivity index (χ0) is 9.03. The van der Waals surface area contributed by atoms with Crippen LogP contribution in [0.5, 0.6) is 0 Å². The molecule has 0 aromatic carbocycles. The molecule has 1 heteroatoms. The van der Waals surface area contributed by atoms with E-state index in [1.165, 1.54) is 0 Å². The second kappa shape index (κ2) is 3.78. The lowest BCUT2D eigenvalue weighted by molar-refractivity contribution is 0.0736. The first kappa shape index (κ1) is 9.35. The van der Waals surface area contributed by atoms with E-state index in [-0.39, 0.29) is 0 Å². The van der Waals surface area contributed by atoms with Gasteiger partial charge in [0.15, 0.2) is 0 Å². The molecule has 1 nitrogen and oxygen atoms in total. The minimum atomic E-state index is -0.708. The smallest absolute Gasteiger partial charge is 0.0936 e. The summed E-state index contributed by atoms with van der Waals surface area (Å²) in [5.41, 5.74) is -0.708.